The van der Waals surface area contributed by atoms with Gasteiger partial charge in [0, 0.05) is 30.0 Å². The number of aryl methyl sites for hydroxylation is 1. The number of urea groups is 1. The lowest BCUT2D eigenvalue weighted by atomic mass is 10.1. The fourth-order valence-corrected chi connectivity index (χ4v) is 2.37. The maximum atomic E-state index is 12.3. The topological polar surface area (TPSA) is 82.3 Å². The molecule has 2 aromatic rings. The molecule has 3 amide bonds. The zero-order valence-electron chi connectivity index (χ0n) is 15.7. The average Bonchev–Trinajstić information content (AvgIpc) is 2.64. The van der Waals surface area contributed by atoms with Gasteiger partial charge in [0.2, 0.25) is 0 Å². The van der Waals surface area contributed by atoms with Crippen LogP contribution in [0.3, 0.4) is 0 Å². The van der Waals surface area contributed by atoms with Gasteiger partial charge >= 0.3 is 6.03 Å². The first-order valence-electron chi connectivity index (χ1n) is 8.82. The number of hydrogen-bond donors (Lipinski definition) is 4. The van der Waals surface area contributed by atoms with E-state index in [2.05, 4.69) is 28.2 Å². The van der Waals surface area contributed by atoms with Gasteiger partial charge < -0.3 is 21.3 Å². The van der Waals surface area contributed by atoms with Gasteiger partial charge in [-0.3, -0.25) is 4.79 Å². The lowest BCUT2D eigenvalue weighted by Gasteiger charge is -2.12. The van der Waals surface area contributed by atoms with Gasteiger partial charge in [-0.15, -0.1) is 12.4 Å². The Balaban J connectivity index is 0.00000364. The number of amides is 3. The van der Waals surface area contributed by atoms with Crippen LogP contribution in [-0.2, 0) is 0 Å². The van der Waals surface area contributed by atoms with Crippen LogP contribution < -0.4 is 21.3 Å². The van der Waals surface area contributed by atoms with Crippen molar-refractivity contribution in [2.75, 3.05) is 30.3 Å². The summed E-state index contributed by atoms with van der Waals surface area (Å²) in [5, 5.41) is 11.7. The van der Waals surface area contributed by atoms with Crippen LogP contribution in [0.4, 0.5) is 16.2 Å². The number of para-hydroxylation sites is 1. The van der Waals surface area contributed by atoms with Crippen molar-refractivity contribution in [3.63, 3.8) is 0 Å². The van der Waals surface area contributed by atoms with Crippen LogP contribution in [0.1, 0.15) is 29.3 Å². The van der Waals surface area contributed by atoms with Crippen molar-refractivity contribution in [3.05, 3.63) is 59.7 Å². The zero-order valence-corrected chi connectivity index (χ0v) is 16.5. The zero-order chi connectivity index (χ0) is 18.8. The van der Waals surface area contributed by atoms with Gasteiger partial charge in [0.05, 0.1) is 0 Å². The van der Waals surface area contributed by atoms with Gasteiger partial charge in [-0.2, -0.15) is 0 Å². The molecule has 0 spiro atoms. The smallest absolute Gasteiger partial charge is 0.323 e. The second-order valence-corrected chi connectivity index (χ2v) is 5.98. The number of nitrogens with one attached hydrogen (secondary N) is 4. The number of hydrogen-bond acceptors (Lipinski definition) is 3. The molecule has 0 heterocycles. The Morgan fingerprint density at radius 1 is 0.926 bits per heavy atom. The molecule has 2 rings (SSSR count). The van der Waals surface area contributed by atoms with E-state index in [0.717, 1.165) is 25.1 Å². The molecule has 0 saturated carbocycles. The fourth-order valence-electron chi connectivity index (χ4n) is 2.37. The summed E-state index contributed by atoms with van der Waals surface area (Å²) < 4.78 is 0. The highest BCUT2D eigenvalue weighted by Gasteiger charge is 2.10. The maximum absolute atomic E-state index is 12.3. The molecule has 27 heavy (non-hydrogen) atoms. The van der Waals surface area contributed by atoms with Crippen LogP contribution >= 0.6 is 12.4 Å². The molecule has 0 aliphatic carbocycles. The largest absolute Gasteiger partial charge is 0.351 e. The summed E-state index contributed by atoms with van der Waals surface area (Å²) in [5.41, 5.74) is 2.71. The van der Waals surface area contributed by atoms with Crippen LogP contribution in [0.2, 0.25) is 0 Å². The Morgan fingerprint density at radius 2 is 1.67 bits per heavy atom. The third-order valence-corrected chi connectivity index (χ3v) is 3.79. The van der Waals surface area contributed by atoms with Crippen LogP contribution in [0.25, 0.3) is 0 Å². The molecule has 2 aromatic carbocycles. The van der Waals surface area contributed by atoms with Crippen molar-refractivity contribution in [2.24, 2.45) is 0 Å². The summed E-state index contributed by atoms with van der Waals surface area (Å²) >= 11 is 0. The number of carbonyl (C=O) groups is 2. The molecule has 0 saturated heterocycles. The molecule has 0 aliphatic rings. The summed E-state index contributed by atoms with van der Waals surface area (Å²) in [6.07, 6.45) is 1.06. The Labute approximate surface area is 166 Å². The van der Waals surface area contributed by atoms with E-state index in [9.17, 15) is 9.59 Å². The van der Waals surface area contributed by atoms with Gasteiger partial charge in [0.1, 0.15) is 0 Å². The van der Waals surface area contributed by atoms with E-state index in [1.807, 2.05) is 43.3 Å². The van der Waals surface area contributed by atoms with Gasteiger partial charge in [-0.1, -0.05) is 31.2 Å². The highest BCUT2D eigenvalue weighted by molar-refractivity contribution is 6.02. The number of benzene rings is 2. The van der Waals surface area contributed by atoms with E-state index in [-0.39, 0.29) is 24.3 Å². The lowest BCUT2D eigenvalue weighted by Crippen LogP contribution is -2.32. The van der Waals surface area contributed by atoms with Gasteiger partial charge in [0.25, 0.3) is 5.91 Å². The van der Waals surface area contributed by atoms with Crippen molar-refractivity contribution < 1.29 is 9.59 Å². The summed E-state index contributed by atoms with van der Waals surface area (Å²) in [7, 11) is 0. The maximum Gasteiger partial charge on any atom is 0.323 e. The number of halogens is 1. The number of anilines is 2. The van der Waals surface area contributed by atoms with Crippen LogP contribution in [0, 0.1) is 6.92 Å². The van der Waals surface area contributed by atoms with E-state index in [1.54, 1.807) is 12.1 Å². The monoisotopic (exact) mass is 390 g/mol. The standard InChI is InChI=1S/C20H26N4O2.ClH/c1-3-11-21-12-13-22-19(25)16-10-9-15(2)18(14-16)24-20(26)23-17-7-5-4-6-8-17;/h4-10,14,21H,3,11-13H2,1-2H3,(H,22,25)(H2,23,24,26);1H. The third kappa shape index (κ3) is 7.68. The first-order chi connectivity index (χ1) is 12.6. The van der Waals surface area contributed by atoms with Crippen molar-refractivity contribution in [1.82, 2.24) is 10.6 Å². The summed E-state index contributed by atoms with van der Waals surface area (Å²) in [5.74, 6) is -0.158. The first-order valence-corrected chi connectivity index (χ1v) is 8.82. The molecule has 0 radical (unpaired) electrons. The molecule has 6 nitrogen and oxygen atoms in total. The summed E-state index contributed by atoms with van der Waals surface area (Å²) in [6.45, 7) is 6.21. The van der Waals surface area contributed by atoms with Crippen LogP contribution in [0.5, 0.6) is 0 Å². The quantitative estimate of drug-likeness (QED) is 0.517. The predicted octanol–water partition coefficient (Wildman–Crippen LogP) is 3.79. The van der Waals surface area contributed by atoms with E-state index in [1.165, 1.54) is 0 Å². The van der Waals surface area contributed by atoms with Crippen molar-refractivity contribution >= 4 is 35.7 Å². The lowest BCUT2D eigenvalue weighted by molar-refractivity contribution is 0.0954. The molecular weight excluding hydrogens is 364 g/mol. The summed E-state index contributed by atoms with van der Waals surface area (Å²) in [6, 6.07) is 14.1. The third-order valence-electron chi connectivity index (χ3n) is 3.79. The van der Waals surface area contributed by atoms with Crippen molar-refractivity contribution in [3.8, 4) is 0 Å². The Kier molecular flexibility index (Phi) is 9.93. The van der Waals surface area contributed by atoms with Crippen molar-refractivity contribution in [2.45, 2.75) is 20.3 Å². The van der Waals surface area contributed by atoms with E-state index >= 15 is 0 Å². The number of carbonyl (C=O) groups excluding carboxylic acids is 2. The van der Waals surface area contributed by atoms with Gasteiger partial charge in [-0.25, -0.2) is 4.79 Å². The molecule has 0 unspecified atom stereocenters. The van der Waals surface area contributed by atoms with Crippen LogP contribution in [0.15, 0.2) is 48.5 Å². The SMILES string of the molecule is CCCNCCNC(=O)c1ccc(C)c(NC(=O)Nc2ccccc2)c1.Cl. The molecule has 146 valence electrons. The van der Waals surface area contributed by atoms with Crippen LogP contribution in [-0.4, -0.2) is 31.6 Å². The molecule has 0 atom stereocenters. The van der Waals surface area contributed by atoms with E-state index in [4.69, 9.17) is 0 Å². The van der Waals surface area contributed by atoms with Crippen molar-refractivity contribution in [1.29, 1.82) is 0 Å². The second kappa shape index (κ2) is 11.9. The molecule has 4 N–H and O–H groups in total. The van der Waals surface area contributed by atoms with Gasteiger partial charge in [0.15, 0.2) is 0 Å². The van der Waals surface area contributed by atoms with E-state index in [0.29, 0.717) is 23.5 Å². The second-order valence-electron chi connectivity index (χ2n) is 5.98. The molecule has 0 aromatic heterocycles. The highest BCUT2D eigenvalue weighted by Crippen LogP contribution is 2.17. The average molecular weight is 391 g/mol. The van der Waals surface area contributed by atoms with E-state index < -0.39 is 0 Å². The summed E-state index contributed by atoms with van der Waals surface area (Å²) in [4.78, 5) is 24.4. The highest BCUT2D eigenvalue weighted by atomic mass is 35.5. The molecule has 0 fully saturated rings. The number of rotatable bonds is 8. The fraction of sp³-hybridized carbons (Fsp3) is 0.300. The Bertz CT molecular complexity index is 738. The molecule has 0 bridgehead atoms. The molecular formula is C20H27ClN4O2. The minimum Gasteiger partial charge on any atom is -0.351 e. The minimum absolute atomic E-state index is 0. The molecule has 7 heteroatoms. The Hall–Kier alpha value is -2.57. The normalized spacial score (nSPS) is 9.85. The minimum atomic E-state index is -0.347. The predicted molar refractivity (Wildman–Crippen MR) is 113 cm³/mol. The Morgan fingerprint density at radius 3 is 2.37 bits per heavy atom. The first kappa shape index (κ1) is 22.5. The van der Waals surface area contributed by atoms with Gasteiger partial charge in [-0.05, 0) is 49.7 Å². The molecule has 0 aliphatic heterocycles.